The van der Waals surface area contributed by atoms with Crippen LogP contribution in [0.25, 0.3) is 11.3 Å². The second-order valence-electron chi connectivity index (χ2n) is 5.65. The van der Waals surface area contributed by atoms with Crippen LogP contribution in [0.5, 0.6) is 0 Å². The zero-order valence-electron chi connectivity index (χ0n) is 13.0. The molecular weight excluding hydrogens is 246 g/mol. The second-order valence-corrected chi connectivity index (χ2v) is 5.65. The van der Waals surface area contributed by atoms with Crippen molar-refractivity contribution < 1.29 is 0 Å². The highest BCUT2D eigenvalue weighted by Crippen LogP contribution is 2.27. The standard InChI is InChI=1S/C17H25N3/c1-5-6-14(9-18)17-19-10-16(20-17)15-8-12(3)11(2)7-13(15)4/h7-8,10,14H,5-6,9,18H2,1-4H3,(H,19,20). The van der Waals surface area contributed by atoms with Gasteiger partial charge in [-0.05, 0) is 49.9 Å². The minimum atomic E-state index is 0.334. The molecule has 0 fully saturated rings. The number of aromatic amines is 1. The second kappa shape index (κ2) is 6.23. The van der Waals surface area contributed by atoms with Crippen LogP contribution in [0, 0.1) is 20.8 Å². The maximum Gasteiger partial charge on any atom is 0.110 e. The summed E-state index contributed by atoms with van der Waals surface area (Å²) < 4.78 is 0. The Hall–Kier alpha value is -1.61. The monoisotopic (exact) mass is 271 g/mol. The summed E-state index contributed by atoms with van der Waals surface area (Å²) in [4.78, 5) is 8.00. The van der Waals surface area contributed by atoms with E-state index in [9.17, 15) is 0 Å². The number of nitrogens with zero attached hydrogens (tertiary/aromatic N) is 1. The largest absolute Gasteiger partial charge is 0.342 e. The number of imidazole rings is 1. The predicted molar refractivity (Wildman–Crippen MR) is 84.9 cm³/mol. The van der Waals surface area contributed by atoms with E-state index in [1.54, 1.807) is 0 Å². The zero-order chi connectivity index (χ0) is 14.7. The molecule has 1 aromatic carbocycles. The molecule has 0 aliphatic carbocycles. The first-order valence-corrected chi connectivity index (χ1v) is 7.40. The maximum absolute atomic E-state index is 5.85. The highest BCUT2D eigenvalue weighted by atomic mass is 14.9. The topological polar surface area (TPSA) is 54.7 Å². The molecule has 1 aromatic heterocycles. The first-order chi connectivity index (χ1) is 9.56. The quantitative estimate of drug-likeness (QED) is 0.868. The first kappa shape index (κ1) is 14.8. The number of H-pyrrole nitrogens is 1. The molecule has 0 bridgehead atoms. The zero-order valence-corrected chi connectivity index (χ0v) is 13.0. The Bertz CT molecular complexity index is 584. The predicted octanol–water partition coefficient (Wildman–Crippen LogP) is 3.84. The fourth-order valence-corrected chi connectivity index (χ4v) is 2.65. The minimum absolute atomic E-state index is 0.334. The van der Waals surface area contributed by atoms with Gasteiger partial charge < -0.3 is 10.7 Å². The number of benzene rings is 1. The normalized spacial score (nSPS) is 12.7. The van der Waals surface area contributed by atoms with Gasteiger partial charge in [-0.15, -0.1) is 0 Å². The summed E-state index contributed by atoms with van der Waals surface area (Å²) in [5, 5.41) is 0. The molecule has 0 aliphatic rings. The molecule has 0 saturated carbocycles. The van der Waals surface area contributed by atoms with Gasteiger partial charge in [0.2, 0.25) is 0 Å². The number of rotatable bonds is 5. The third-order valence-electron chi connectivity index (χ3n) is 4.03. The molecule has 0 aliphatic heterocycles. The van der Waals surface area contributed by atoms with Crippen LogP contribution in [0.2, 0.25) is 0 Å². The van der Waals surface area contributed by atoms with Gasteiger partial charge in [0.25, 0.3) is 0 Å². The third-order valence-corrected chi connectivity index (χ3v) is 4.03. The van der Waals surface area contributed by atoms with Gasteiger partial charge in [-0.3, -0.25) is 0 Å². The fourth-order valence-electron chi connectivity index (χ4n) is 2.65. The number of aryl methyl sites for hydroxylation is 3. The van der Waals surface area contributed by atoms with Crippen LogP contribution < -0.4 is 5.73 Å². The van der Waals surface area contributed by atoms with E-state index in [0.717, 1.165) is 24.4 Å². The van der Waals surface area contributed by atoms with Crippen LogP contribution in [0.4, 0.5) is 0 Å². The number of hydrogen-bond donors (Lipinski definition) is 2. The van der Waals surface area contributed by atoms with Crippen LogP contribution >= 0.6 is 0 Å². The lowest BCUT2D eigenvalue weighted by Crippen LogP contribution is -2.13. The van der Waals surface area contributed by atoms with Crippen LogP contribution in [0.3, 0.4) is 0 Å². The maximum atomic E-state index is 5.85. The smallest absolute Gasteiger partial charge is 0.110 e. The molecule has 0 radical (unpaired) electrons. The van der Waals surface area contributed by atoms with E-state index in [0.29, 0.717) is 12.5 Å². The summed E-state index contributed by atoms with van der Waals surface area (Å²) in [6.07, 6.45) is 4.14. The Kier molecular flexibility index (Phi) is 4.61. The summed E-state index contributed by atoms with van der Waals surface area (Å²) in [5.74, 6) is 1.35. The molecule has 20 heavy (non-hydrogen) atoms. The number of nitrogens with one attached hydrogen (secondary N) is 1. The van der Waals surface area contributed by atoms with E-state index >= 15 is 0 Å². The molecule has 1 heterocycles. The van der Waals surface area contributed by atoms with Gasteiger partial charge in [-0.25, -0.2) is 4.98 Å². The first-order valence-electron chi connectivity index (χ1n) is 7.40. The summed E-state index contributed by atoms with van der Waals surface area (Å²) in [6, 6.07) is 4.47. The van der Waals surface area contributed by atoms with Gasteiger partial charge in [0.15, 0.2) is 0 Å². The van der Waals surface area contributed by atoms with Crippen molar-refractivity contribution in [3.63, 3.8) is 0 Å². The summed E-state index contributed by atoms with van der Waals surface area (Å²) in [5.41, 5.74) is 12.1. The minimum Gasteiger partial charge on any atom is -0.342 e. The van der Waals surface area contributed by atoms with Gasteiger partial charge in [0, 0.05) is 18.0 Å². The van der Waals surface area contributed by atoms with Crippen molar-refractivity contribution in [3.05, 3.63) is 40.8 Å². The van der Waals surface area contributed by atoms with E-state index in [1.807, 2.05) is 6.20 Å². The van der Waals surface area contributed by atoms with E-state index in [4.69, 9.17) is 5.73 Å². The SMILES string of the molecule is CCCC(CN)c1ncc(-c2cc(C)c(C)cc2C)[nH]1. The third kappa shape index (κ3) is 2.93. The van der Waals surface area contributed by atoms with Crippen molar-refractivity contribution in [2.24, 2.45) is 5.73 Å². The molecule has 2 rings (SSSR count). The molecular formula is C17H25N3. The van der Waals surface area contributed by atoms with Crippen LogP contribution in [0.15, 0.2) is 18.3 Å². The van der Waals surface area contributed by atoms with Crippen molar-refractivity contribution >= 4 is 0 Å². The summed E-state index contributed by atoms with van der Waals surface area (Å²) >= 11 is 0. The molecule has 0 amide bonds. The van der Waals surface area contributed by atoms with Crippen LogP contribution in [-0.2, 0) is 0 Å². The van der Waals surface area contributed by atoms with Gasteiger partial charge in [0.05, 0.1) is 11.9 Å². The number of nitrogens with two attached hydrogens (primary N) is 1. The molecule has 3 N–H and O–H groups in total. The van der Waals surface area contributed by atoms with E-state index in [1.165, 1.54) is 22.3 Å². The fraction of sp³-hybridized carbons (Fsp3) is 0.471. The molecule has 3 heteroatoms. The Morgan fingerprint density at radius 2 is 1.85 bits per heavy atom. The Morgan fingerprint density at radius 1 is 1.15 bits per heavy atom. The lowest BCUT2D eigenvalue weighted by Gasteiger charge is -2.11. The van der Waals surface area contributed by atoms with Crippen LogP contribution in [0.1, 0.15) is 48.2 Å². The number of aromatic nitrogens is 2. The lowest BCUT2D eigenvalue weighted by molar-refractivity contribution is 0.595. The van der Waals surface area contributed by atoms with Gasteiger partial charge in [0.1, 0.15) is 5.82 Å². The molecule has 1 atom stereocenters. The van der Waals surface area contributed by atoms with Crippen LogP contribution in [-0.4, -0.2) is 16.5 Å². The molecule has 3 nitrogen and oxygen atoms in total. The lowest BCUT2D eigenvalue weighted by atomic mass is 9.99. The highest BCUT2D eigenvalue weighted by Gasteiger charge is 2.14. The molecule has 2 aromatic rings. The van der Waals surface area contributed by atoms with Crippen molar-refractivity contribution in [1.82, 2.24) is 9.97 Å². The Morgan fingerprint density at radius 3 is 2.50 bits per heavy atom. The number of hydrogen-bond acceptors (Lipinski definition) is 2. The summed E-state index contributed by atoms with van der Waals surface area (Å²) in [7, 11) is 0. The van der Waals surface area contributed by atoms with E-state index in [-0.39, 0.29) is 0 Å². The average Bonchev–Trinajstić information content (AvgIpc) is 2.89. The van der Waals surface area contributed by atoms with Gasteiger partial charge in [-0.2, -0.15) is 0 Å². The molecule has 108 valence electrons. The Balaban J connectivity index is 2.35. The highest BCUT2D eigenvalue weighted by molar-refractivity contribution is 5.65. The van der Waals surface area contributed by atoms with Crippen molar-refractivity contribution in [2.45, 2.75) is 46.5 Å². The van der Waals surface area contributed by atoms with Crippen molar-refractivity contribution in [2.75, 3.05) is 6.54 Å². The van der Waals surface area contributed by atoms with Crippen molar-refractivity contribution in [1.29, 1.82) is 0 Å². The summed E-state index contributed by atoms with van der Waals surface area (Å²) in [6.45, 7) is 9.27. The van der Waals surface area contributed by atoms with E-state index in [2.05, 4.69) is 49.8 Å². The van der Waals surface area contributed by atoms with E-state index < -0.39 is 0 Å². The average molecular weight is 271 g/mol. The molecule has 0 saturated heterocycles. The van der Waals surface area contributed by atoms with Gasteiger partial charge >= 0.3 is 0 Å². The van der Waals surface area contributed by atoms with Gasteiger partial charge in [-0.1, -0.05) is 19.4 Å². The molecule has 1 unspecified atom stereocenters. The molecule has 0 spiro atoms. The van der Waals surface area contributed by atoms with Crippen molar-refractivity contribution in [3.8, 4) is 11.3 Å². The Labute approximate surface area is 121 Å².